The van der Waals surface area contributed by atoms with E-state index in [1.54, 1.807) is 13.2 Å². The van der Waals surface area contributed by atoms with Gasteiger partial charge in [0, 0.05) is 24.9 Å². The molecular formula is C22H19F5N6O3. The average molecular weight is 510 g/mol. The molecule has 14 heteroatoms. The summed E-state index contributed by atoms with van der Waals surface area (Å²) in [5.74, 6) is -3.19. The fourth-order valence-corrected chi connectivity index (χ4v) is 3.39. The molecule has 4 aromatic rings. The number of hydrogen-bond acceptors (Lipinski definition) is 7. The van der Waals surface area contributed by atoms with E-state index in [2.05, 4.69) is 20.1 Å². The number of aromatic nitrogens is 5. The largest absolute Gasteiger partial charge is 0.493 e. The summed E-state index contributed by atoms with van der Waals surface area (Å²) >= 11 is 0. The van der Waals surface area contributed by atoms with Crippen molar-refractivity contribution in [3.8, 4) is 22.8 Å². The number of pyridine rings is 1. The lowest BCUT2D eigenvalue weighted by molar-refractivity contribution is -0.207. The van der Waals surface area contributed by atoms with E-state index in [9.17, 15) is 27.1 Å². The van der Waals surface area contributed by atoms with Crippen molar-refractivity contribution in [3.63, 3.8) is 0 Å². The zero-order valence-electron chi connectivity index (χ0n) is 19.1. The number of aryl methyl sites for hydroxylation is 1. The van der Waals surface area contributed by atoms with Crippen molar-refractivity contribution in [1.82, 2.24) is 24.3 Å². The van der Waals surface area contributed by atoms with Gasteiger partial charge < -0.3 is 19.1 Å². The standard InChI is InChI=1S/C22H19F5N6O3/c1-32-9-11(7-29-32)13-8-28-12-4-5-17(33(21(12)30-13)10-16(34)22(25,26)27)31-20-18(23)14(35-2)6-15(36-3)19(20)24/h4-9,16,34H,10H2,1-3H3/b31-17+. The number of fused-ring (bicyclic) bond motifs is 1. The number of methoxy groups -OCH3 is 2. The van der Waals surface area contributed by atoms with Crippen LogP contribution in [0.1, 0.15) is 0 Å². The van der Waals surface area contributed by atoms with Crippen LogP contribution in [0.2, 0.25) is 0 Å². The Morgan fingerprint density at radius 3 is 2.31 bits per heavy atom. The molecule has 0 saturated heterocycles. The monoisotopic (exact) mass is 510 g/mol. The Morgan fingerprint density at radius 2 is 1.75 bits per heavy atom. The Balaban J connectivity index is 2.02. The van der Waals surface area contributed by atoms with Crippen molar-refractivity contribution in [2.24, 2.45) is 12.0 Å². The SMILES string of the molecule is COc1cc(OC)c(F)c(/N=c2\ccc3ncc(-c4cnn(C)c4)nc3n2CC(O)C(F)(F)F)c1F. The quantitative estimate of drug-likeness (QED) is 0.400. The van der Waals surface area contributed by atoms with Crippen molar-refractivity contribution in [2.75, 3.05) is 14.2 Å². The summed E-state index contributed by atoms with van der Waals surface area (Å²) in [5, 5.41) is 13.8. The lowest BCUT2D eigenvalue weighted by Crippen LogP contribution is -2.37. The van der Waals surface area contributed by atoms with Gasteiger partial charge in [-0.3, -0.25) is 9.67 Å². The van der Waals surface area contributed by atoms with E-state index in [-0.39, 0.29) is 22.3 Å². The van der Waals surface area contributed by atoms with E-state index in [1.807, 2.05) is 0 Å². The van der Waals surface area contributed by atoms with Crippen molar-refractivity contribution >= 4 is 16.9 Å². The van der Waals surface area contributed by atoms with Gasteiger partial charge in [-0.15, -0.1) is 0 Å². The molecular weight excluding hydrogens is 491 g/mol. The number of rotatable bonds is 6. The molecule has 0 spiro atoms. The molecule has 9 nitrogen and oxygen atoms in total. The second kappa shape index (κ2) is 9.53. The molecule has 0 amide bonds. The average Bonchev–Trinajstić information content (AvgIpc) is 3.28. The summed E-state index contributed by atoms with van der Waals surface area (Å²) < 4.78 is 81.8. The van der Waals surface area contributed by atoms with Gasteiger partial charge in [0.1, 0.15) is 16.7 Å². The van der Waals surface area contributed by atoms with Crippen LogP contribution in [0.15, 0.2) is 41.8 Å². The van der Waals surface area contributed by atoms with E-state index in [0.29, 0.717) is 5.56 Å². The number of aliphatic hydroxyl groups excluding tert-OH is 1. The molecule has 0 fully saturated rings. The molecule has 4 rings (SSSR count). The van der Waals surface area contributed by atoms with Gasteiger partial charge in [-0.2, -0.15) is 18.3 Å². The highest BCUT2D eigenvalue weighted by Gasteiger charge is 2.38. The minimum absolute atomic E-state index is 0.114. The topological polar surface area (TPSA) is 99.6 Å². The third-order valence-corrected chi connectivity index (χ3v) is 5.21. The van der Waals surface area contributed by atoms with E-state index < -0.39 is 47.6 Å². The van der Waals surface area contributed by atoms with Gasteiger partial charge in [0.2, 0.25) is 0 Å². The number of benzene rings is 1. The maximum Gasteiger partial charge on any atom is 0.416 e. The Hall–Kier alpha value is -4.07. The summed E-state index contributed by atoms with van der Waals surface area (Å²) in [6, 6.07) is 3.55. The molecule has 3 aromatic heterocycles. The van der Waals surface area contributed by atoms with Crippen LogP contribution >= 0.6 is 0 Å². The van der Waals surface area contributed by atoms with Crippen LogP contribution in [-0.4, -0.2) is 55.9 Å². The van der Waals surface area contributed by atoms with Crippen LogP contribution < -0.4 is 15.0 Å². The molecule has 0 aliphatic rings. The highest BCUT2D eigenvalue weighted by molar-refractivity contribution is 5.73. The van der Waals surface area contributed by atoms with Crippen molar-refractivity contribution in [2.45, 2.75) is 18.8 Å². The zero-order chi connectivity index (χ0) is 26.2. The number of ether oxygens (including phenoxy) is 2. The molecule has 0 aliphatic carbocycles. The molecule has 1 atom stereocenters. The number of alkyl halides is 3. The second-order valence-electron chi connectivity index (χ2n) is 7.60. The normalized spacial score (nSPS) is 13.3. The van der Waals surface area contributed by atoms with Gasteiger partial charge >= 0.3 is 6.18 Å². The first-order valence-electron chi connectivity index (χ1n) is 10.3. The van der Waals surface area contributed by atoms with Crippen molar-refractivity contribution in [1.29, 1.82) is 0 Å². The van der Waals surface area contributed by atoms with Crippen LogP contribution in [0.25, 0.3) is 22.4 Å². The first-order chi connectivity index (χ1) is 17.0. The van der Waals surface area contributed by atoms with Crippen LogP contribution in [0.4, 0.5) is 27.6 Å². The van der Waals surface area contributed by atoms with Gasteiger partial charge in [-0.05, 0) is 12.1 Å². The summed E-state index contributed by atoms with van der Waals surface area (Å²) in [6.07, 6.45) is -3.33. The van der Waals surface area contributed by atoms with Crippen LogP contribution in [-0.2, 0) is 13.6 Å². The summed E-state index contributed by atoms with van der Waals surface area (Å²) in [6.45, 7) is -1.07. The summed E-state index contributed by atoms with van der Waals surface area (Å²) in [7, 11) is 3.95. The van der Waals surface area contributed by atoms with Crippen LogP contribution in [0, 0.1) is 11.6 Å². The second-order valence-corrected chi connectivity index (χ2v) is 7.60. The van der Waals surface area contributed by atoms with Crippen LogP contribution in [0.5, 0.6) is 11.5 Å². The third kappa shape index (κ3) is 4.71. The molecule has 1 N–H and O–H groups in total. The minimum atomic E-state index is -4.99. The number of hydrogen-bond donors (Lipinski definition) is 1. The Labute approximate surface area is 200 Å². The highest BCUT2D eigenvalue weighted by Crippen LogP contribution is 2.36. The van der Waals surface area contributed by atoms with Gasteiger partial charge in [0.05, 0.1) is 38.9 Å². The zero-order valence-corrected chi connectivity index (χ0v) is 19.1. The van der Waals surface area contributed by atoms with Crippen molar-refractivity contribution in [3.05, 3.63) is 53.9 Å². The van der Waals surface area contributed by atoms with Crippen LogP contribution in [0.3, 0.4) is 0 Å². The Morgan fingerprint density at radius 1 is 1.08 bits per heavy atom. The molecule has 0 radical (unpaired) electrons. The molecule has 190 valence electrons. The number of nitrogens with zero attached hydrogens (tertiary/aromatic N) is 6. The summed E-state index contributed by atoms with van der Waals surface area (Å²) in [5.41, 5.74) is -0.374. The maximum absolute atomic E-state index is 14.9. The van der Waals surface area contributed by atoms with E-state index in [1.165, 1.54) is 29.2 Å². The number of halogens is 5. The third-order valence-electron chi connectivity index (χ3n) is 5.21. The number of aliphatic hydroxyl groups is 1. The van der Waals surface area contributed by atoms with Gasteiger partial charge in [0.15, 0.2) is 34.9 Å². The first kappa shape index (κ1) is 25.0. The molecule has 36 heavy (non-hydrogen) atoms. The van der Waals surface area contributed by atoms with Crippen molar-refractivity contribution < 1.29 is 36.5 Å². The minimum Gasteiger partial charge on any atom is -0.493 e. The van der Waals surface area contributed by atoms with Gasteiger partial charge in [-0.25, -0.2) is 18.8 Å². The predicted molar refractivity (Wildman–Crippen MR) is 116 cm³/mol. The molecule has 3 heterocycles. The fourth-order valence-electron chi connectivity index (χ4n) is 3.39. The fraction of sp³-hybridized carbons (Fsp3) is 0.273. The molecule has 1 unspecified atom stereocenters. The lowest BCUT2D eigenvalue weighted by Gasteiger charge is -2.18. The molecule has 0 bridgehead atoms. The van der Waals surface area contributed by atoms with E-state index >= 15 is 0 Å². The Bertz CT molecular complexity index is 1470. The van der Waals surface area contributed by atoms with Gasteiger partial charge in [0.25, 0.3) is 0 Å². The molecule has 0 saturated carbocycles. The maximum atomic E-state index is 14.9. The smallest absolute Gasteiger partial charge is 0.416 e. The predicted octanol–water partition coefficient (Wildman–Crippen LogP) is 3.28. The lowest BCUT2D eigenvalue weighted by atomic mass is 10.2. The molecule has 1 aromatic carbocycles. The molecule has 0 aliphatic heterocycles. The first-order valence-corrected chi connectivity index (χ1v) is 10.3. The highest BCUT2D eigenvalue weighted by atomic mass is 19.4. The van der Waals surface area contributed by atoms with E-state index in [0.717, 1.165) is 24.9 Å². The Kier molecular flexibility index (Phi) is 6.63. The van der Waals surface area contributed by atoms with Gasteiger partial charge in [-0.1, -0.05) is 0 Å². The van der Waals surface area contributed by atoms with E-state index in [4.69, 9.17) is 9.47 Å². The summed E-state index contributed by atoms with van der Waals surface area (Å²) in [4.78, 5) is 12.5.